The Labute approximate surface area is 113 Å². The highest BCUT2D eigenvalue weighted by Crippen LogP contribution is 2.32. The van der Waals surface area contributed by atoms with Gasteiger partial charge in [-0.1, -0.05) is 0 Å². The van der Waals surface area contributed by atoms with Crippen LogP contribution in [-0.4, -0.2) is 44.1 Å². The van der Waals surface area contributed by atoms with Crippen LogP contribution in [0.15, 0.2) is 6.20 Å². The third-order valence-electron chi connectivity index (χ3n) is 4.11. The molecule has 1 aliphatic carbocycles. The largest absolute Gasteiger partial charge is 0.313 e. The number of aromatic amines is 1. The Hall–Kier alpha value is -0.920. The monoisotopic (exact) mass is 285 g/mol. The van der Waals surface area contributed by atoms with Crippen molar-refractivity contribution < 1.29 is 12.6 Å². The minimum atomic E-state index is -3.34. The molecule has 0 radical (unpaired) electrons. The van der Waals surface area contributed by atoms with E-state index in [0.717, 1.165) is 32.1 Å². The van der Waals surface area contributed by atoms with Gasteiger partial charge in [0, 0.05) is 18.3 Å². The molecule has 6 nitrogen and oxygen atoms in total. The highest BCUT2D eigenvalue weighted by molar-refractivity contribution is 7.85. The second kappa shape index (κ2) is 4.88. The Morgan fingerprint density at radius 2 is 2.32 bits per heavy atom. The van der Waals surface area contributed by atoms with E-state index in [0.29, 0.717) is 12.0 Å². The summed E-state index contributed by atoms with van der Waals surface area (Å²) in [5.41, 5.74) is 2.53. The number of fused-ring (bicyclic) bond motifs is 2. The number of nitrogens with one attached hydrogen (secondary N) is 2. The standard InChI is InChI=1S/C12H19N3O3S/c1-19(16,17)18-7-8-2-9-3-12-10(6-14-15-12)4-11(9)13-5-8/h6,8-9,11,13H,2-5,7H2,1H3,(H,14,15). The number of rotatable bonds is 3. The van der Waals surface area contributed by atoms with Crippen molar-refractivity contribution >= 4 is 10.1 Å². The number of piperidine rings is 1. The fourth-order valence-corrected chi connectivity index (χ4v) is 3.60. The minimum Gasteiger partial charge on any atom is -0.313 e. The van der Waals surface area contributed by atoms with Gasteiger partial charge in [-0.25, -0.2) is 0 Å². The van der Waals surface area contributed by atoms with Crippen molar-refractivity contribution in [1.29, 1.82) is 0 Å². The van der Waals surface area contributed by atoms with Crippen molar-refractivity contribution in [3.63, 3.8) is 0 Å². The van der Waals surface area contributed by atoms with Crippen molar-refractivity contribution in [2.45, 2.75) is 25.3 Å². The van der Waals surface area contributed by atoms with Crippen LogP contribution in [0.3, 0.4) is 0 Å². The van der Waals surface area contributed by atoms with Gasteiger partial charge in [-0.3, -0.25) is 9.28 Å². The lowest BCUT2D eigenvalue weighted by molar-refractivity contribution is 0.153. The van der Waals surface area contributed by atoms with Crippen LogP contribution in [0.5, 0.6) is 0 Å². The number of hydrogen-bond acceptors (Lipinski definition) is 5. The normalized spacial score (nSPS) is 30.7. The van der Waals surface area contributed by atoms with Crippen molar-refractivity contribution in [2.24, 2.45) is 11.8 Å². The van der Waals surface area contributed by atoms with Crippen LogP contribution < -0.4 is 5.32 Å². The van der Waals surface area contributed by atoms with Crippen LogP contribution in [0, 0.1) is 11.8 Å². The molecule has 2 N–H and O–H groups in total. The molecule has 106 valence electrons. The maximum Gasteiger partial charge on any atom is 0.264 e. The van der Waals surface area contributed by atoms with E-state index in [-0.39, 0.29) is 12.5 Å². The average molecular weight is 285 g/mol. The molecule has 3 rings (SSSR count). The van der Waals surface area contributed by atoms with E-state index in [2.05, 4.69) is 15.5 Å². The summed E-state index contributed by atoms with van der Waals surface area (Å²) in [4.78, 5) is 0. The van der Waals surface area contributed by atoms with Gasteiger partial charge in [0.05, 0.1) is 19.1 Å². The summed E-state index contributed by atoms with van der Waals surface area (Å²) < 4.78 is 27.0. The molecule has 1 saturated heterocycles. The van der Waals surface area contributed by atoms with Crippen molar-refractivity contribution in [1.82, 2.24) is 15.5 Å². The first-order chi connectivity index (χ1) is 9.01. The molecule has 0 bridgehead atoms. The van der Waals surface area contributed by atoms with E-state index in [4.69, 9.17) is 4.18 Å². The zero-order chi connectivity index (χ0) is 13.5. The molecule has 1 aromatic heterocycles. The van der Waals surface area contributed by atoms with Crippen LogP contribution in [0.1, 0.15) is 17.7 Å². The Morgan fingerprint density at radius 1 is 1.47 bits per heavy atom. The lowest BCUT2D eigenvalue weighted by Crippen LogP contribution is -2.50. The molecular formula is C12H19N3O3S. The molecule has 19 heavy (non-hydrogen) atoms. The zero-order valence-electron chi connectivity index (χ0n) is 10.9. The molecule has 1 fully saturated rings. The van der Waals surface area contributed by atoms with E-state index in [1.165, 1.54) is 11.3 Å². The predicted octanol–water partition coefficient (Wildman–Crippen LogP) is 0.0788. The van der Waals surface area contributed by atoms with Crippen LogP contribution in [-0.2, 0) is 27.1 Å². The van der Waals surface area contributed by atoms with Crippen LogP contribution in [0.25, 0.3) is 0 Å². The Balaban J connectivity index is 1.62. The number of H-pyrrole nitrogens is 1. The van der Waals surface area contributed by atoms with Crippen LogP contribution in [0.4, 0.5) is 0 Å². The molecule has 1 aliphatic heterocycles. The second-order valence-corrected chi connectivity index (χ2v) is 7.29. The molecule has 1 aromatic rings. The summed E-state index contributed by atoms with van der Waals surface area (Å²) in [6, 6.07) is 0.486. The lowest BCUT2D eigenvalue weighted by atomic mass is 9.76. The Kier molecular flexibility index (Phi) is 3.36. The van der Waals surface area contributed by atoms with Crippen LogP contribution >= 0.6 is 0 Å². The summed E-state index contributed by atoms with van der Waals surface area (Å²) in [5, 5.41) is 10.7. The lowest BCUT2D eigenvalue weighted by Gasteiger charge is -2.39. The summed E-state index contributed by atoms with van der Waals surface area (Å²) in [6.45, 7) is 1.11. The van der Waals surface area contributed by atoms with Gasteiger partial charge in [0.1, 0.15) is 0 Å². The fourth-order valence-electron chi connectivity index (χ4n) is 3.16. The minimum absolute atomic E-state index is 0.264. The zero-order valence-corrected chi connectivity index (χ0v) is 11.7. The molecule has 0 spiro atoms. The first kappa shape index (κ1) is 13.1. The highest BCUT2D eigenvalue weighted by atomic mass is 32.2. The van der Waals surface area contributed by atoms with Crippen LogP contribution in [0.2, 0.25) is 0 Å². The van der Waals surface area contributed by atoms with E-state index >= 15 is 0 Å². The Morgan fingerprint density at radius 3 is 3.11 bits per heavy atom. The summed E-state index contributed by atoms with van der Waals surface area (Å²) in [7, 11) is -3.34. The van der Waals surface area contributed by atoms with Gasteiger partial charge in [0.2, 0.25) is 0 Å². The summed E-state index contributed by atoms with van der Waals surface area (Å²) in [5.74, 6) is 0.801. The Bertz CT molecular complexity index is 554. The fraction of sp³-hybridized carbons (Fsp3) is 0.750. The van der Waals surface area contributed by atoms with Gasteiger partial charge in [-0.05, 0) is 36.7 Å². The molecule has 3 unspecified atom stereocenters. The van der Waals surface area contributed by atoms with Crippen molar-refractivity contribution in [3.05, 3.63) is 17.5 Å². The van der Waals surface area contributed by atoms with Gasteiger partial charge in [0.15, 0.2) is 0 Å². The first-order valence-electron chi connectivity index (χ1n) is 6.60. The molecule has 7 heteroatoms. The van der Waals surface area contributed by atoms with E-state index in [9.17, 15) is 8.42 Å². The SMILES string of the molecule is CS(=O)(=O)OCC1CNC2Cc3cn[nH]c3CC2C1. The quantitative estimate of drug-likeness (QED) is 0.768. The number of aromatic nitrogens is 2. The number of hydrogen-bond donors (Lipinski definition) is 2. The van der Waals surface area contributed by atoms with E-state index in [1.54, 1.807) is 0 Å². The van der Waals surface area contributed by atoms with Gasteiger partial charge in [-0.15, -0.1) is 0 Å². The average Bonchev–Trinajstić information content (AvgIpc) is 2.79. The maximum atomic E-state index is 11.0. The predicted molar refractivity (Wildman–Crippen MR) is 70.2 cm³/mol. The van der Waals surface area contributed by atoms with Crippen molar-refractivity contribution in [2.75, 3.05) is 19.4 Å². The van der Waals surface area contributed by atoms with Gasteiger partial charge in [0.25, 0.3) is 10.1 Å². The highest BCUT2D eigenvalue weighted by Gasteiger charge is 2.35. The van der Waals surface area contributed by atoms with Crippen molar-refractivity contribution in [3.8, 4) is 0 Å². The second-order valence-electron chi connectivity index (χ2n) is 5.65. The number of nitrogens with zero attached hydrogens (tertiary/aromatic N) is 1. The third kappa shape index (κ3) is 2.98. The molecule has 2 heterocycles. The van der Waals surface area contributed by atoms with E-state index < -0.39 is 10.1 Å². The molecule has 0 saturated carbocycles. The molecular weight excluding hydrogens is 266 g/mol. The van der Waals surface area contributed by atoms with E-state index in [1.807, 2.05) is 6.20 Å². The first-order valence-corrected chi connectivity index (χ1v) is 8.42. The molecule has 3 atom stereocenters. The molecule has 0 aromatic carbocycles. The topological polar surface area (TPSA) is 84.1 Å². The summed E-state index contributed by atoms with van der Waals surface area (Å²) in [6.07, 6.45) is 6.01. The molecule has 2 aliphatic rings. The molecule has 0 amide bonds. The van der Waals surface area contributed by atoms with Gasteiger partial charge >= 0.3 is 0 Å². The van der Waals surface area contributed by atoms with Gasteiger partial charge < -0.3 is 5.32 Å². The maximum absolute atomic E-state index is 11.0. The smallest absolute Gasteiger partial charge is 0.264 e. The third-order valence-corrected chi connectivity index (χ3v) is 4.67. The summed E-state index contributed by atoms with van der Waals surface area (Å²) >= 11 is 0. The van der Waals surface area contributed by atoms with Gasteiger partial charge in [-0.2, -0.15) is 13.5 Å².